The number of ether oxygens (including phenoxy) is 1. The Morgan fingerprint density at radius 3 is 2.40 bits per heavy atom. The van der Waals surface area contributed by atoms with Gasteiger partial charge >= 0.3 is 6.09 Å². The topological polar surface area (TPSA) is 97.8 Å². The quantitative estimate of drug-likeness (QED) is 0.405. The van der Waals surface area contributed by atoms with Crippen molar-refractivity contribution in [2.45, 2.75) is 5.92 Å². The summed E-state index contributed by atoms with van der Waals surface area (Å²) >= 11 is 6.20. The van der Waals surface area contributed by atoms with Crippen molar-refractivity contribution in [1.29, 1.82) is 0 Å². The lowest BCUT2D eigenvalue weighted by Gasteiger charge is -2.32. The van der Waals surface area contributed by atoms with Gasteiger partial charge in [0, 0.05) is 55.3 Å². The van der Waals surface area contributed by atoms with Crippen molar-refractivity contribution < 1.29 is 19.1 Å². The summed E-state index contributed by atoms with van der Waals surface area (Å²) in [4.78, 5) is 51.0. The standard InChI is InChI=1S/C32H33ClN6O4/c1-36-13-15-38(16-14-36)20-28(40)37(2)24-10-6-23(7-11-24)34-30(29-26-12-5-22(33)19-27(26)35-31(29)41)21-3-8-25(9-4-21)39-17-18-43-32(39)42/h3-12,19,29H,13-18,20H2,1-2H3,(H,35,41). The number of amides is 3. The number of carbonyl (C=O) groups excluding carboxylic acids is 3. The molecule has 2 fully saturated rings. The van der Waals surface area contributed by atoms with Gasteiger partial charge in [-0.15, -0.1) is 0 Å². The van der Waals surface area contributed by atoms with E-state index in [0.717, 1.165) is 43.0 Å². The van der Waals surface area contributed by atoms with Gasteiger partial charge in [0.1, 0.15) is 12.5 Å². The zero-order valence-corrected chi connectivity index (χ0v) is 24.9. The van der Waals surface area contributed by atoms with Crippen LogP contribution in [0.5, 0.6) is 0 Å². The van der Waals surface area contributed by atoms with Gasteiger partial charge in [-0.2, -0.15) is 0 Å². The number of rotatable bonds is 7. The van der Waals surface area contributed by atoms with Crippen molar-refractivity contribution >= 4 is 58.0 Å². The third-order valence-electron chi connectivity index (χ3n) is 8.17. The fourth-order valence-corrected chi connectivity index (χ4v) is 5.75. The van der Waals surface area contributed by atoms with Crippen molar-refractivity contribution in [2.75, 3.05) is 75.1 Å². The number of nitrogens with one attached hydrogen (secondary N) is 1. The molecular formula is C32H33ClN6O4. The minimum atomic E-state index is -0.664. The number of carbonyl (C=O) groups is 3. The molecule has 3 aromatic carbocycles. The number of aliphatic imine (C=N–C) groups is 1. The molecule has 222 valence electrons. The third kappa shape index (κ3) is 6.13. The summed E-state index contributed by atoms with van der Waals surface area (Å²) in [5, 5.41) is 3.46. The summed E-state index contributed by atoms with van der Waals surface area (Å²) in [5.41, 5.74) is 4.85. The summed E-state index contributed by atoms with van der Waals surface area (Å²) in [6.07, 6.45) is -0.380. The molecule has 43 heavy (non-hydrogen) atoms. The number of fused-ring (bicyclic) bond motifs is 1. The summed E-state index contributed by atoms with van der Waals surface area (Å²) in [6, 6.07) is 20.1. The Bertz CT molecular complexity index is 1570. The highest BCUT2D eigenvalue weighted by molar-refractivity contribution is 6.31. The Hall–Kier alpha value is -4.25. The molecule has 10 nitrogen and oxygen atoms in total. The maximum Gasteiger partial charge on any atom is 0.414 e. The van der Waals surface area contributed by atoms with Crippen molar-refractivity contribution in [3.8, 4) is 0 Å². The van der Waals surface area contributed by atoms with Crippen LogP contribution in [-0.4, -0.2) is 93.4 Å². The second kappa shape index (κ2) is 12.2. The molecule has 1 unspecified atom stereocenters. The van der Waals surface area contributed by atoms with Crippen LogP contribution in [0.2, 0.25) is 5.02 Å². The minimum absolute atomic E-state index is 0.0290. The van der Waals surface area contributed by atoms with E-state index in [4.69, 9.17) is 21.3 Å². The molecule has 3 heterocycles. The van der Waals surface area contributed by atoms with Crippen LogP contribution in [0.15, 0.2) is 71.7 Å². The second-order valence-corrected chi connectivity index (χ2v) is 11.4. The monoisotopic (exact) mass is 600 g/mol. The fraction of sp³-hybridized carbons (Fsp3) is 0.312. The second-order valence-electron chi connectivity index (χ2n) is 11.0. The molecule has 3 aliphatic rings. The predicted octanol–water partition coefficient (Wildman–Crippen LogP) is 4.36. The Labute approximate surface area is 255 Å². The van der Waals surface area contributed by atoms with Crippen molar-refractivity contribution in [2.24, 2.45) is 4.99 Å². The van der Waals surface area contributed by atoms with E-state index in [-0.39, 0.29) is 17.9 Å². The molecule has 0 radical (unpaired) electrons. The lowest BCUT2D eigenvalue weighted by atomic mass is 9.90. The minimum Gasteiger partial charge on any atom is -0.447 e. The molecule has 1 N–H and O–H groups in total. The van der Waals surface area contributed by atoms with Crippen LogP contribution in [0.3, 0.4) is 0 Å². The molecule has 3 amide bonds. The largest absolute Gasteiger partial charge is 0.447 e. The Kier molecular flexibility index (Phi) is 8.16. The molecule has 2 saturated heterocycles. The van der Waals surface area contributed by atoms with Crippen LogP contribution in [0.25, 0.3) is 0 Å². The van der Waals surface area contributed by atoms with E-state index in [1.165, 1.54) is 0 Å². The van der Waals surface area contributed by atoms with Gasteiger partial charge in [-0.25, -0.2) is 4.79 Å². The van der Waals surface area contributed by atoms with Crippen LogP contribution in [0, 0.1) is 0 Å². The van der Waals surface area contributed by atoms with Crippen LogP contribution >= 0.6 is 11.6 Å². The number of cyclic esters (lactones) is 1. The molecule has 0 spiro atoms. The number of nitrogens with zero attached hydrogens (tertiary/aromatic N) is 5. The van der Waals surface area contributed by atoms with Crippen LogP contribution in [-0.2, 0) is 14.3 Å². The van der Waals surface area contributed by atoms with Gasteiger partial charge in [-0.3, -0.25) is 24.4 Å². The number of hydrogen-bond donors (Lipinski definition) is 1. The highest BCUT2D eigenvalue weighted by Crippen LogP contribution is 2.38. The van der Waals surface area contributed by atoms with Gasteiger partial charge in [-0.1, -0.05) is 29.8 Å². The molecule has 0 aromatic heterocycles. The van der Waals surface area contributed by atoms with Gasteiger partial charge in [0.25, 0.3) is 0 Å². The van der Waals surface area contributed by atoms with Crippen molar-refractivity contribution in [3.05, 3.63) is 82.9 Å². The molecule has 3 aliphatic heterocycles. The Morgan fingerprint density at radius 1 is 1.00 bits per heavy atom. The van der Waals surface area contributed by atoms with E-state index in [1.54, 1.807) is 29.0 Å². The van der Waals surface area contributed by atoms with E-state index < -0.39 is 5.92 Å². The molecule has 3 aromatic rings. The third-order valence-corrected chi connectivity index (χ3v) is 8.41. The smallest absolute Gasteiger partial charge is 0.414 e. The maximum atomic E-state index is 13.3. The lowest BCUT2D eigenvalue weighted by molar-refractivity contribution is -0.120. The number of anilines is 3. The first-order chi connectivity index (χ1) is 20.8. The molecule has 6 rings (SSSR count). The van der Waals surface area contributed by atoms with Crippen LogP contribution < -0.4 is 15.1 Å². The normalized spacial score (nSPS) is 19.3. The zero-order valence-electron chi connectivity index (χ0n) is 24.1. The Morgan fingerprint density at radius 2 is 1.72 bits per heavy atom. The molecular weight excluding hydrogens is 568 g/mol. The summed E-state index contributed by atoms with van der Waals surface area (Å²) < 4.78 is 5.07. The lowest BCUT2D eigenvalue weighted by Crippen LogP contribution is -2.48. The molecule has 1 atom stereocenters. The first-order valence-corrected chi connectivity index (χ1v) is 14.7. The van der Waals surface area contributed by atoms with Gasteiger partial charge in [0.15, 0.2) is 0 Å². The van der Waals surface area contributed by atoms with E-state index in [2.05, 4.69) is 22.2 Å². The molecule has 0 saturated carbocycles. The average molecular weight is 601 g/mol. The number of halogens is 1. The summed E-state index contributed by atoms with van der Waals surface area (Å²) in [5.74, 6) is -0.835. The zero-order chi connectivity index (χ0) is 30.1. The van der Waals surface area contributed by atoms with E-state index >= 15 is 0 Å². The highest BCUT2D eigenvalue weighted by Gasteiger charge is 2.36. The van der Waals surface area contributed by atoms with Gasteiger partial charge < -0.3 is 19.9 Å². The van der Waals surface area contributed by atoms with E-state index in [9.17, 15) is 14.4 Å². The number of likely N-dealkylation sites (N-methyl/N-ethyl adjacent to an activating group) is 2. The van der Waals surface area contributed by atoms with Gasteiger partial charge in [0.2, 0.25) is 11.8 Å². The summed E-state index contributed by atoms with van der Waals surface area (Å²) in [6.45, 7) is 4.86. The SMILES string of the molecule is CN1CCN(CC(=O)N(C)c2ccc(N=C(c3ccc(N4CCOC4=O)cc3)C3C(=O)Nc4cc(Cl)ccc43)cc2)CC1. The molecule has 0 bridgehead atoms. The fourth-order valence-electron chi connectivity index (χ4n) is 5.58. The van der Waals surface area contributed by atoms with E-state index in [1.807, 2.05) is 54.6 Å². The Balaban J connectivity index is 1.28. The predicted molar refractivity (Wildman–Crippen MR) is 168 cm³/mol. The maximum absolute atomic E-state index is 13.3. The highest BCUT2D eigenvalue weighted by atomic mass is 35.5. The first-order valence-electron chi connectivity index (χ1n) is 14.3. The van der Waals surface area contributed by atoms with Gasteiger partial charge in [0.05, 0.1) is 24.5 Å². The average Bonchev–Trinajstić information content (AvgIpc) is 3.58. The van der Waals surface area contributed by atoms with Crippen LogP contribution in [0.1, 0.15) is 17.0 Å². The van der Waals surface area contributed by atoms with Crippen molar-refractivity contribution in [1.82, 2.24) is 9.80 Å². The molecule has 11 heteroatoms. The number of benzene rings is 3. The number of piperazine rings is 1. The van der Waals surface area contributed by atoms with E-state index in [0.29, 0.717) is 47.5 Å². The van der Waals surface area contributed by atoms with Crippen LogP contribution in [0.4, 0.5) is 27.5 Å². The summed E-state index contributed by atoms with van der Waals surface area (Å²) in [7, 11) is 3.88. The molecule has 0 aliphatic carbocycles. The van der Waals surface area contributed by atoms with Gasteiger partial charge in [-0.05, 0) is 66.7 Å². The van der Waals surface area contributed by atoms with Crippen molar-refractivity contribution in [3.63, 3.8) is 0 Å². The first kappa shape index (κ1) is 28.9. The number of hydrogen-bond acceptors (Lipinski definition) is 7.